The van der Waals surface area contributed by atoms with Crippen molar-refractivity contribution in [2.45, 2.75) is 12.8 Å². The molecule has 0 radical (unpaired) electrons. The Kier molecular flexibility index (Phi) is 3.94. The van der Waals surface area contributed by atoms with Gasteiger partial charge in [0, 0.05) is 22.9 Å². The third-order valence-corrected chi connectivity index (χ3v) is 4.37. The number of nitrogens with one attached hydrogen (secondary N) is 2. The van der Waals surface area contributed by atoms with E-state index in [1.54, 1.807) is 24.3 Å². The van der Waals surface area contributed by atoms with Gasteiger partial charge in [-0.15, -0.1) is 0 Å². The molecule has 1 fully saturated rings. The van der Waals surface area contributed by atoms with Crippen LogP contribution in [0.1, 0.15) is 23.2 Å². The molecule has 0 heterocycles. The first-order chi connectivity index (χ1) is 12.2. The molecule has 0 saturated heterocycles. The van der Waals surface area contributed by atoms with E-state index in [0.717, 1.165) is 35.0 Å². The van der Waals surface area contributed by atoms with Gasteiger partial charge in [-0.05, 0) is 60.0 Å². The van der Waals surface area contributed by atoms with Gasteiger partial charge >= 0.3 is 0 Å². The van der Waals surface area contributed by atoms with Crippen LogP contribution in [-0.2, 0) is 4.79 Å². The first-order valence-electron chi connectivity index (χ1n) is 8.40. The number of amides is 2. The largest absolute Gasteiger partial charge is 0.326 e. The predicted molar refractivity (Wildman–Crippen MR) is 99.7 cm³/mol. The summed E-state index contributed by atoms with van der Waals surface area (Å²) in [4.78, 5) is 24.2. The van der Waals surface area contributed by atoms with E-state index in [-0.39, 0.29) is 17.7 Å². The van der Waals surface area contributed by atoms with E-state index in [9.17, 15) is 9.59 Å². The van der Waals surface area contributed by atoms with Crippen molar-refractivity contribution < 1.29 is 9.59 Å². The molecule has 0 unspecified atom stereocenters. The molecule has 124 valence electrons. The second kappa shape index (κ2) is 6.40. The number of benzene rings is 3. The van der Waals surface area contributed by atoms with Crippen LogP contribution in [0.5, 0.6) is 0 Å². The number of anilines is 2. The van der Waals surface area contributed by atoms with E-state index < -0.39 is 0 Å². The molecule has 25 heavy (non-hydrogen) atoms. The second-order valence-electron chi connectivity index (χ2n) is 6.36. The molecule has 3 aromatic carbocycles. The highest BCUT2D eigenvalue weighted by molar-refractivity contribution is 6.05. The third-order valence-electron chi connectivity index (χ3n) is 4.37. The Morgan fingerprint density at radius 2 is 1.44 bits per heavy atom. The first-order valence-corrected chi connectivity index (χ1v) is 8.40. The lowest BCUT2D eigenvalue weighted by molar-refractivity contribution is -0.117. The van der Waals surface area contributed by atoms with Gasteiger partial charge in [-0.1, -0.05) is 30.3 Å². The van der Waals surface area contributed by atoms with Crippen LogP contribution in [-0.4, -0.2) is 11.8 Å². The van der Waals surface area contributed by atoms with Crippen LogP contribution in [0.4, 0.5) is 11.4 Å². The maximum atomic E-state index is 12.4. The highest BCUT2D eigenvalue weighted by atomic mass is 16.2. The van der Waals surface area contributed by atoms with Crippen LogP contribution in [0.2, 0.25) is 0 Å². The molecule has 0 bridgehead atoms. The van der Waals surface area contributed by atoms with Gasteiger partial charge in [0.15, 0.2) is 0 Å². The summed E-state index contributed by atoms with van der Waals surface area (Å²) in [6, 6.07) is 20.8. The Morgan fingerprint density at radius 3 is 2.16 bits per heavy atom. The minimum Gasteiger partial charge on any atom is -0.326 e. The maximum Gasteiger partial charge on any atom is 0.255 e. The summed E-state index contributed by atoms with van der Waals surface area (Å²) in [5, 5.41) is 8.00. The van der Waals surface area contributed by atoms with Gasteiger partial charge in [0.05, 0.1) is 0 Å². The minimum atomic E-state index is -0.171. The van der Waals surface area contributed by atoms with Crippen molar-refractivity contribution in [2.75, 3.05) is 10.6 Å². The summed E-state index contributed by atoms with van der Waals surface area (Å²) in [5.74, 6) is 0.0552. The molecular formula is C21H18N2O2. The Balaban J connectivity index is 1.45. The summed E-state index contributed by atoms with van der Waals surface area (Å²) in [5.41, 5.74) is 2.03. The molecular weight excluding hydrogens is 312 g/mol. The topological polar surface area (TPSA) is 58.2 Å². The molecule has 2 N–H and O–H groups in total. The number of hydrogen-bond donors (Lipinski definition) is 2. The van der Waals surface area contributed by atoms with Crippen molar-refractivity contribution >= 4 is 34.0 Å². The molecule has 1 saturated carbocycles. The molecule has 2 amide bonds. The average Bonchev–Trinajstić information content (AvgIpc) is 3.47. The first kappa shape index (κ1) is 15.4. The lowest BCUT2D eigenvalue weighted by Crippen LogP contribution is -2.14. The fourth-order valence-corrected chi connectivity index (χ4v) is 2.77. The highest BCUT2D eigenvalue weighted by Crippen LogP contribution is 2.30. The zero-order valence-corrected chi connectivity index (χ0v) is 13.7. The molecule has 1 aliphatic rings. The number of rotatable bonds is 4. The van der Waals surface area contributed by atoms with E-state index in [0.29, 0.717) is 5.56 Å². The van der Waals surface area contributed by atoms with Crippen LogP contribution in [0.3, 0.4) is 0 Å². The van der Waals surface area contributed by atoms with Crippen LogP contribution < -0.4 is 10.6 Å². The fraction of sp³-hybridized carbons (Fsp3) is 0.143. The molecule has 4 heteroatoms. The standard InChI is InChI=1S/C21H18N2O2/c24-20(15-5-6-15)22-18-10-8-16(9-11-18)21(25)23-19-12-7-14-3-1-2-4-17(14)13-19/h1-4,7-13,15H,5-6H2,(H,22,24)(H,23,25). The Labute approximate surface area is 145 Å². The van der Waals surface area contributed by atoms with Gasteiger partial charge in [-0.25, -0.2) is 0 Å². The number of hydrogen-bond acceptors (Lipinski definition) is 2. The lowest BCUT2D eigenvalue weighted by Gasteiger charge is -2.08. The van der Waals surface area contributed by atoms with Crippen LogP contribution >= 0.6 is 0 Å². The lowest BCUT2D eigenvalue weighted by atomic mass is 10.1. The molecule has 0 aromatic heterocycles. The summed E-state index contributed by atoms with van der Waals surface area (Å²) in [7, 11) is 0. The van der Waals surface area contributed by atoms with E-state index in [1.165, 1.54) is 0 Å². The average molecular weight is 330 g/mol. The van der Waals surface area contributed by atoms with Crippen LogP contribution in [0.25, 0.3) is 10.8 Å². The van der Waals surface area contributed by atoms with Crippen molar-refractivity contribution in [3.8, 4) is 0 Å². The maximum absolute atomic E-state index is 12.4. The molecule has 3 aromatic rings. The molecule has 0 spiro atoms. The number of fused-ring (bicyclic) bond motifs is 1. The molecule has 4 nitrogen and oxygen atoms in total. The van der Waals surface area contributed by atoms with Crippen molar-refractivity contribution in [2.24, 2.45) is 5.92 Å². The van der Waals surface area contributed by atoms with Crippen molar-refractivity contribution in [3.05, 3.63) is 72.3 Å². The third kappa shape index (κ3) is 3.53. The van der Waals surface area contributed by atoms with E-state index in [2.05, 4.69) is 10.6 Å². The van der Waals surface area contributed by atoms with Gasteiger partial charge in [-0.3, -0.25) is 9.59 Å². The highest BCUT2D eigenvalue weighted by Gasteiger charge is 2.29. The van der Waals surface area contributed by atoms with Gasteiger partial charge in [0.1, 0.15) is 0 Å². The zero-order valence-electron chi connectivity index (χ0n) is 13.7. The Bertz CT molecular complexity index is 944. The zero-order chi connectivity index (χ0) is 17.2. The molecule has 0 atom stereocenters. The van der Waals surface area contributed by atoms with E-state index in [4.69, 9.17) is 0 Å². The predicted octanol–water partition coefficient (Wildman–Crippen LogP) is 4.44. The second-order valence-corrected chi connectivity index (χ2v) is 6.36. The molecule has 4 rings (SSSR count). The summed E-state index contributed by atoms with van der Waals surface area (Å²) < 4.78 is 0. The molecule has 0 aliphatic heterocycles. The van der Waals surface area contributed by atoms with Gasteiger partial charge < -0.3 is 10.6 Å². The summed E-state index contributed by atoms with van der Waals surface area (Å²) in [6.45, 7) is 0. The molecule has 1 aliphatic carbocycles. The Hall–Kier alpha value is -3.14. The summed E-state index contributed by atoms with van der Waals surface area (Å²) >= 11 is 0. The number of carbonyl (C=O) groups excluding carboxylic acids is 2. The monoisotopic (exact) mass is 330 g/mol. The van der Waals surface area contributed by atoms with Crippen LogP contribution in [0.15, 0.2) is 66.7 Å². The summed E-state index contributed by atoms with van der Waals surface area (Å²) in [6.07, 6.45) is 1.94. The van der Waals surface area contributed by atoms with E-state index >= 15 is 0 Å². The minimum absolute atomic E-state index is 0.0633. The smallest absolute Gasteiger partial charge is 0.255 e. The van der Waals surface area contributed by atoms with Crippen molar-refractivity contribution in [3.63, 3.8) is 0 Å². The quantitative estimate of drug-likeness (QED) is 0.743. The van der Waals surface area contributed by atoms with E-state index in [1.807, 2.05) is 42.5 Å². The fourth-order valence-electron chi connectivity index (χ4n) is 2.77. The van der Waals surface area contributed by atoms with Gasteiger partial charge in [-0.2, -0.15) is 0 Å². The SMILES string of the molecule is O=C(Nc1ccc2ccccc2c1)c1ccc(NC(=O)C2CC2)cc1. The van der Waals surface area contributed by atoms with Crippen LogP contribution in [0, 0.1) is 5.92 Å². The Morgan fingerprint density at radius 1 is 0.760 bits per heavy atom. The normalized spacial score (nSPS) is 13.4. The van der Waals surface area contributed by atoms with Crippen molar-refractivity contribution in [1.82, 2.24) is 0 Å². The van der Waals surface area contributed by atoms with Gasteiger partial charge in [0.25, 0.3) is 5.91 Å². The van der Waals surface area contributed by atoms with Gasteiger partial charge in [0.2, 0.25) is 5.91 Å². The number of carbonyl (C=O) groups is 2. The van der Waals surface area contributed by atoms with Crippen molar-refractivity contribution in [1.29, 1.82) is 0 Å².